The van der Waals surface area contributed by atoms with Crippen molar-refractivity contribution in [2.24, 2.45) is 0 Å². The third-order valence-corrected chi connectivity index (χ3v) is 11.0. The van der Waals surface area contributed by atoms with E-state index in [1.54, 1.807) is 24.4 Å². The number of nitrogens with zero attached hydrogens (tertiary/aromatic N) is 3. The van der Waals surface area contributed by atoms with Gasteiger partial charge in [0.15, 0.2) is 0 Å². The number of pyridine rings is 1. The summed E-state index contributed by atoms with van der Waals surface area (Å²) in [6.45, 7) is -4.10. The molecule has 0 atom stereocenters. The van der Waals surface area contributed by atoms with Crippen LogP contribution >= 0.6 is 0 Å². The second-order valence-electron chi connectivity index (χ2n) is 15.2. The van der Waals surface area contributed by atoms with Crippen LogP contribution in [0.15, 0.2) is 170 Å². The Balaban J connectivity index is 1.21. The molecular formula is C55H47N3O. The highest BCUT2D eigenvalue weighted by Gasteiger charge is 2.22. The van der Waals surface area contributed by atoms with E-state index in [9.17, 15) is 5.11 Å². The minimum atomic E-state index is -3.37. The van der Waals surface area contributed by atoms with Crippen LogP contribution in [0.4, 0.5) is 0 Å². The van der Waals surface area contributed by atoms with E-state index in [2.05, 4.69) is 60.0 Å². The summed E-state index contributed by atoms with van der Waals surface area (Å²) in [5.41, 5.74) is 11.1. The monoisotopic (exact) mass is 774 g/mol. The van der Waals surface area contributed by atoms with E-state index in [0.29, 0.717) is 28.2 Å². The van der Waals surface area contributed by atoms with Gasteiger partial charge < -0.3 is 5.11 Å². The molecule has 0 saturated heterocycles. The van der Waals surface area contributed by atoms with Crippen LogP contribution in [0.3, 0.4) is 0 Å². The van der Waals surface area contributed by atoms with Crippen LogP contribution in [-0.4, -0.2) is 19.6 Å². The number of benzene rings is 7. The zero-order chi connectivity index (χ0) is 48.3. The summed E-state index contributed by atoms with van der Waals surface area (Å²) in [5.74, 6) is 0.753. The fraction of sp³-hybridized carbons (Fsp3) is 0.127. The van der Waals surface area contributed by atoms with Crippen molar-refractivity contribution in [3.05, 3.63) is 192 Å². The number of rotatable bonds is 7. The first-order valence-electron chi connectivity index (χ1n) is 24.0. The lowest BCUT2D eigenvalue weighted by Gasteiger charge is -2.19. The Morgan fingerprint density at radius 2 is 1.22 bits per heavy atom. The number of aromatic nitrogens is 3. The number of para-hydroxylation sites is 1. The summed E-state index contributed by atoms with van der Waals surface area (Å²) < 4.78 is 75.7. The molecule has 9 aromatic rings. The van der Waals surface area contributed by atoms with Crippen LogP contribution in [0, 0.1) is 20.8 Å². The molecule has 288 valence electrons. The summed E-state index contributed by atoms with van der Waals surface area (Å²) in [5, 5.41) is 11.7. The summed E-state index contributed by atoms with van der Waals surface area (Å²) >= 11 is 0. The van der Waals surface area contributed by atoms with Crippen molar-refractivity contribution in [1.82, 2.24) is 14.5 Å². The highest BCUT2D eigenvalue weighted by Crippen LogP contribution is 2.41. The first kappa shape index (κ1) is 28.4. The van der Waals surface area contributed by atoms with Crippen LogP contribution in [-0.2, 0) is 5.41 Å². The van der Waals surface area contributed by atoms with Gasteiger partial charge in [-0.05, 0) is 142 Å². The SMILES string of the molecule is [2H]C([2H])([2H])C(c1ccc(-c2ccnc(-c3cc(-c4ccccc4)cc(-c4cccc5c4nc(-c4cc(C)cc(C)c4O)n5-c4ccc(-c5ccccc5)c(C)c4)c3)c2)cc1)(C([2H])([2H])[2H])C([2H])([2H])[2H]. The first-order chi connectivity index (χ1) is 32.3. The van der Waals surface area contributed by atoms with Crippen LogP contribution in [0.2, 0.25) is 0 Å². The summed E-state index contributed by atoms with van der Waals surface area (Å²) in [6, 6.07) is 52.4. The Labute approximate surface area is 359 Å². The van der Waals surface area contributed by atoms with Gasteiger partial charge >= 0.3 is 0 Å². The highest BCUT2D eigenvalue weighted by molar-refractivity contribution is 5.98. The molecule has 0 aliphatic rings. The lowest BCUT2D eigenvalue weighted by molar-refractivity contribution is 0.472. The number of phenolic OH excluding ortho intramolecular Hbond substituents is 1. The Morgan fingerprint density at radius 1 is 0.525 bits per heavy atom. The molecule has 2 heterocycles. The van der Waals surface area contributed by atoms with Gasteiger partial charge in [0, 0.05) is 35.3 Å². The molecule has 0 aliphatic carbocycles. The number of fused-ring (bicyclic) bond motifs is 1. The maximum absolute atomic E-state index is 11.7. The molecule has 0 spiro atoms. The molecule has 7 aromatic carbocycles. The Bertz CT molecular complexity index is 3300. The molecule has 2 aromatic heterocycles. The number of aryl methyl sites for hydroxylation is 3. The second-order valence-corrected chi connectivity index (χ2v) is 15.2. The third kappa shape index (κ3) is 7.23. The predicted molar refractivity (Wildman–Crippen MR) is 246 cm³/mol. The van der Waals surface area contributed by atoms with Crippen molar-refractivity contribution in [3.63, 3.8) is 0 Å². The average molecular weight is 775 g/mol. The average Bonchev–Trinajstić information content (AvgIpc) is 3.69. The van der Waals surface area contributed by atoms with Gasteiger partial charge in [-0.2, -0.15) is 0 Å². The normalized spacial score (nSPS) is 14.5. The fourth-order valence-electron chi connectivity index (χ4n) is 8.04. The van der Waals surface area contributed by atoms with Crippen molar-refractivity contribution in [2.75, 3.05) is 0 Å². The van der Waals surface area contributed by atoms with Crippen LogP contribution < -0.4 is 0 Å². The molecule has 0 radical (unpaired) electrons. The van der Waals surface area contributed by atoms with Crippen molar-refractivity contribution >= 4 is 11.0 Å². The summed E-state index contributed by atoms with van der Waals surface area (Å²) in [6.07, 6.45) is 1.67. The van der Waals surface area contributed by atoms with E-state index in [1.165, 1.54) is 12.1 Å². The van der Waals surface area contributed by atoms with Gasteiger partial charge in [0.2, 0.25) is 0 Å². The molecule has 0 bridgehead atoms. The number of hydrogen-bond donors (Lipinski definition) is 1. The lowest BCUT2D eigenvalue weighted by atomic mass is 9.86. The van der Waals surface area contributed by atoms with Crippen LogP contribution in [0.25, 0.3) is 83.9 Å². The molecule has 0 saturated carbocycles. The summed E-state index contributed by atoms with van der Waals surface area (Å²) in [4.78, 5) is 10.2. The van der Waals surface area contributed by atoms with Crippen molar-refractivity contribution in [2.45, 2.75) is 46.7 Å². The number of phenols is 1. The van der Waals surface area contributed by atoms with E-state index in [0.717, 1.165) is 72.4 Å². The highest BCUT2D eigenvalue weighted by atomic mass is 16.3. The smallest absolute Gasteiger partial charge is 0.149 e. The van der Waals surface area contributed by atoms with Gasteiger partial charge in [-0.1, -0.05) is 130 Å². The molecule has 0 amide bonds. The van der Waals surface area contributed by atoms with E-state index in [1.807, 2.05) is 98.8 Å². The number of hydrogen-bond acceptors (Lipinski definition) is 3. The van der Waals surface area contributed by atoms with Gasteiger partial charge in [-0.15, -0.1) is 0 Å². The van der Waals surface area contributed by atoms with E-state index >= 15 is 0 Å². The Morgan fingerprint density at radius 3 is 1.95 bits per heavy atom. The zero-order valence-electron chi connectivity index (χ0n) is 42.0. The molecule has 4 nitrogen and oxygen atoms in total. The first-order valence-corrected chi connectivity index (χ1v) is 19.5. The van der Waals surface area contributed by atoms with Gasteiger partial charge in [0.25, 0.3) is 0 Å². The molecule has 1 N–H and O–H groups in total. The topological polar surface area (TPSA) is 50.9 Å². The molecular weight excluding hydrogens is 719 g/mol. The number of imidazole rings is 1. The minimum absolute atomic E-state index is 0.159. The maximum atomic E-state index is 11.7. The Kier molecular flexibility index (Phi) is 7.23. The van der Waals surface area contributed by atoms with Crippen molar-refractivity contribution in [3.8, 4) is 78.6 Å². The van der Waals surface area contributed by atoms with Crippen molar-refractivity contribution < 1.29 is 17.4 Å². The van der Waals surface area contributed by atoms with Gasteiger partial charge in [-0.3, -0.25) is 9.55 Å². The number of aromatic hydroxyl groups is 1. The Hall–Kier alpha value is -7.04. The molecule has 4 heteroatoms. The van der Waals surface area contributed by atoms with E-state index < -0.39 is 26.0 Å². The standard InChI is InChI=1S/C55H47N3O/c1-35-28-37(3)53(59)49(29-35)54-57-52-48(18-13-19-51(52)58(54)46-24-25-47(36(2)30-46)40-16-11-8-12-17-40)43-31-42(38-14-9-7-10-15-38)32-44(33-43)50-34-41(26-27-56-50)39-20-22-45(23-21-39)55(4,5)6/h7-34,59H,1-6H3/i4D3,5D3,6D3. The van der Waals surface area contributed by atoms with E-state index in [-0.39, 0.29) is 11.3 Å². The van der Waals surface area contributed by atoms with Gasteiger partial charge in [0.1, 0.15) is 11.6 Å². The minimum Gasteiger partial charge on any atom is -0.507 e. The molecule has 9 rings (SSSR count). The molecule has 0 fully saturated rings. The third-order valence-electron chi connectivity index (χ3n) is 11.0. The molecule has 59 heavy (non-hydrogen) atoms. The predicted octanol–water partition coefficient (Wildman–Crippen LogP) is 14.4. The quantitative estimate of drug-likeness (QED) is 0.175. The largest absolute Gasteiger partial charge is 0.507 e. The summed E-state index contributed by atoms with van der Waals surface area (Å²) in [7, 11) is 0. The van der Waals surface area contributed by atoms with Gasteiger partial charge in [-0.25, -0.2) is 4.98 Å². The van der Waals surface area contributed by atoms with Crippen molar-refractivity contribution in [1.29, 1.82) is 0 Å². The zero-order valence-corrected chi connectivity index (χ0v) is 33.0. The fourth-order valence-corrected chi connectivity index (χ4v) is 8.04. The second kappa shape index (κ2) is 15.0. The maximum Gasteiger partial charge on any atom is 0.149 e. The molecule has 0 unspecified atom stereocenters. The van der Waals surface area contributed by atoms with E-state index in [4.69, 9.17) is 22.3 Å². The molecule has 0 aliphatic heterocycles. The van der Waals surface area contributed by atoms with Gasteiger partial charge in [0.05, 0.1) is 22.3 Å². The van der Waals surface area contributed by atoms with Crippen LogP contribution in [0.1, 0.15) is 55.1 Å². The van der Waals surface area contributed by atoms with Crippen LogP contribution in [0.5, 0.6) is 5.75 Å². The lowest BCUT2D eigenvalue weighted by Crippen LogP contribution is -2.10.